The average Bonchev–Trinajstić information content (AvgIpc) is 3.00. The third-order valence-corrected chi connectivity index (χ3v) is 4.55. The van der Waals surface area contributed by atoms with Crippen molar-refractivity contribution in [1.29, 1.82) is 0 Å². The monoisotopic (exact) mass is 244 g/mol. The normalized spacial score (nSPS) is 29.7. The van der Waals surface area contributed by atoms with E-state index in [9.17, 15) is 4.79 Å². The molecule has 3 unspecified atom stereocenters. The lowest BCUT2D eigenvalue weighted by molar-refractivity contribution is -0.119. The molecule has 3 nitrogen and oxygen atoms in total. The first-order valence-electron chi connectivity index (χ1n) is 6.62. The number of carbonyl (C=O) groups excluding carboxylic acids is 1. The molecule has 1 amide bonds. The van der Waals surface area contributed by atoms with E-state index >= 15 is 0 Å². The van der Waals surface area contributed by atoms with Gasteiger partial charge in [0, 0.05) is 11.7 Å². The number of hydrogen-bond donors (Lipinski definition) is 2. The Morgan fingerprint density at radius 3 is 2.72 bits per heavy atom. The molecule has 1 aliphatic heterocycles. The number of hydrogen-bond acceptors (Lipinski definition) is 2. The zero-order valence-corrected chi connectivity index (χ0v) is 11.2. The zero-order valence-electron chi connectivity index (χ0n) is 11.2. The third kappa shape index (κ3) is 1.57. The van der Waals surface area contributed by atoms with Crippen LogP contribution < -0.4 is 11.1 Å². The quantitative estimate of drug-likeness (QED) is 0.840. The van der Waals surface area contributed by atoms with E-state index in [0.29, 0.717) is 5.92 Å². The first-order chi connectivity index (χ1) is 8.41. The van der Waals surface area contributed by atoms with Gasteiger partial charge in [0.1, 0.15) is 0 Å². The van der Waals surface area contributed by atoms with Gasteiger partial charge in [-0.25, -0.2) is 0 Å². The first kappa shape index (κ1) is 11.7. The predicted molar refractivity (Wildman–Crippen MR) is 72.3 cm³/mol. The van der Waals surface area contributed by atoms with E-state index in [1.54, 1.807) is 0 Å². The minimum Gasteiger partial charge on any atom is -0.325 e. The van der Waals surface area contributed by atoms with Gasteiger partial charge in [-0.05, 0) is 49.3 Å². The van der Waals surface area contributed by atoms with E-state index in [0.717, 1.165) is 22.7 Å². The van der Waals surface area contributed by atoms with Crippen LogP contribution in [0.25, 0.3) is 0 Å². The molecule has 0 saturated heterocycles. The smallest absolute Gasteiger partial charge is 0.234 e. The van der Waals surface area contributed by atoms with Crippen LogP contribution in [-0.4, -0.2) is 5.91 Å². The van der Waals surface area contributed by atoms with Crippen LogP contribution in [-0.2, 0) is 10.2 Å². The third-order valence-electron chi connectivity index (χ3n) is 4.55. The van der Waals surface area contributed by atoms with Crippen LogP contribution >= 0.6 is 0 Å². The highest BCUT2D eigenvalue weighted by atomic mass is 16.2. The van der Waals surface area contributed by atoms with Crippen LogP contribution in [0, 0.1) is 11.8 Å². The van der Waals surface area contributed by atoms with Gasteiger partial charge in [0.15, 0.2) is 0 Å². The van der Waals surface area contributed by atoms with Gasteiger partial charge in [0.25, 0.3) is 0 Å². The number of nitrogens with one attached hydrogen (secondary N) is 1. The summed E-state index contributed by atoms with van der Waals surface area (Å²) in [6.07, 6.45) is 1.22. The van der Waals surface area contributed by atoms with Crippen molar-refractivity contribution in [2.75, 3.05) is 5.32 Å². The molecule has 2 aliphatic rings. The first-order valence-corrected chi connectivity index (χ1v) is 6.62. The van der Waals surface area contributed by atoms with Crippen LogP contribution in [0.1, 0.15) is 44.4 Å². The lowest BCUT2D eigenvalue weighted by atomic mass is 9.84. The van der Waals surface area contributed by atoms with Crippen molar-refractivity contribution >= 4 is 11.6 Å². The van der Waals surface area contributed by atoms with Gasteiger partial charge in [0.2, 0.25) is 5.91 Å². The van der Waals surface area contributed by atoms with Gasteiger partial charge < -0.3 is 11.1 Å². The minimum absolute atomic E-state index is 0.0722. The lowest BCUT2D eigenvalue weighted by Crippen LogP contribution is -2.27. The molecule has 3 N–H and O–H groups in total. The number of anilines is 1. The van der Waals surface area contributed by atoms with Crippen LogP contribution in [0.2, 0.25) is 0 Å². The maximum Gasteiger partial charge on any atom is 0.234 e. The van der Waals surface area contributed by atoms with Crippen LogP contribution in [0.4, 0.5) is 5.69 Å². The lowest BCUT2D eigenvalue weighted by Gasteiger charge is -2.18. The molecule has 18 heavy (non-hydrogen) atoms. The fourth-order valence-corrected chi connectivity index (χ4v) is 2.89. The summed E-state index contributed by atoms with van der Waals surface area (Å²) in [6.45, 7) is 6.17. The Morgan fingerprint density at radius 1 is 1.44 bits per heavy atom. The molecule has 0 bridgehead atoms. The van der Waals surface area contributed by atoms with E-state index in [2.05, 4.69) is 24.4 Å². The fraction of sp³-hybridized carbons (Fsp3) is 0.533. The molecule has 0 spiro atoms. The number of nitrogens with two attached hydrogens (primary N) is 1. The molecule has 1 heterocycles. The maximum atomic E-state index is 11.9. The summed E-state index contributed by atoms with van der Waals surface area (Å²) < 4.78 is 0. The Kier molecular flexibility index (Phi) is 2.33. The number of benzene rings is 1. The number of fused-ring (bicyclic) bond motifs is 1. The Balaban J connectivity index is 1.97. The summed E-state index contributed by atoms with van der Waals surface area (Å²) in [4.78, 5) is 11.9. The second-order valence-corrected chi connectivity index (χ2v) is 6.29. The maximum absolute atomic E-state index is 11.9. The van der Waals surface area contributed by atoms with Gasteiger partial charge in [-0.15, -0.1) is 0 Å². The average molecular weight is 244 g/mol. The topological polar surface area (TPSA) is 55.1 Å². The minimum atomic E-state index is -0.444. The van der Waals surface area contributed by atoms with Gasteiger partial charge in [-0.2, -0.15) is 0 Å². The largest absolute Gasteiger partial charge is 0.325 e. The Bertz CT molecular complexity index is 521. The van der Waals surface area contributed by atoms with Crippen molar-refractivity contribution < 1.29 is 4.79 Å². The van der Waals surface area contributed by atoms with Gasteiger partial charge in [-0.1, -0.05) is 19.1 Å². The predicted octanol–water partition coefficient (Wildman–Crippen LogP) is 2.57. The SMILES string of the molecule is CC1CC1C(N)c1ccc2c(c1)C(C)(C)C(=O)N2. The highest BCUT2D eigenvalue weighted by Gasteiger charge is 2.41. The van der Waals surface area contributed by atoms with Crippen molar-refractivity contribution in [1.82, 2.24) is 0 Å². The molecular weight excluding hydrogens is 224 g/mol. The summed E-state index contributed by atoms with van der Waals surface area (Å²) in [5.74, 6) is 1.42. The van der Waals surface area contributed by atoms with Crippen LogP contribution in [0.15, 0.2) is 18.2 Å². The highest BCUT2D eigenvalue weighted by Crippen LogP contribution is 2.47. The summed E-state index contributed by atoms with van der Waals surface area (Å²) in [5.41, 5.74) is 9.03. The van der Waals surface area contributed by atoms with Gasteiger partial charge in [0.05, 0.1) is 5.41 Å². The second-order valence-electron chi connectivity index (χ2n) is 6.29. The Labute approximate surface area is 108 Å². The van der Waals surface area contributed by atoms with E-state index < -0.39 is 5.41 Å². The number of carbonyl (C=O) groups is 1. The van der Waals surface area contributed by atoms with E-state index in [-0.39, 0.29) is 11.9 Å². The van der Waals surface area contributed by atoms with Crippen molar-refractivity contribution in [3.8, 4) is 0 Å². The summed E-state index contributed by atoms with van der Waals surface area (Å²) in [5, 5.41) is 2.93. The Hall–Kier alpha value is -1.35. The van der Waals surface area contributed by atoms with Crippen molar-refractivity contribution in [3.63, 3.8) is 0 Å². The van der Waals surface area contributed by atoms with Crippen LogP contribution in [0.5, 0.6) is 0 Å². The molecule has 1 fully saturated rings. The molecule has 0 radical (unpaired) electrons. The van der Waals surface area contributed by atoms with E-state index in [1.165, 1.54) is 6.42 Å². The molecule has 1 aliphatic carbocycles. The molecule has 1 saturated carbocycles. The molecule has 3 rings (SSSR count). The molecular formula is C15H20N2O. The second kappa shape index (κ2) is 3.58. The highest BCUT2D eigenvalue weighted by molar-refractivity contribution is 6.05. The van der Waals surface area contributed by atoms with E-state index in [4.69, 9.17) is 5.73 Å². The van der Waals surface area contributed by atoms with Gasteiger partial charge >= 0.3 is 0 Å². The number of rotatable bonds is 2. The van der Waals surface area contributed by atoms with Crippen molar-refractivity contribution in [3.05, 3.63) is 29.3 Å². The molecule has 96 valence electrons. The van der Waals surface area contributed by atoms with Crippen LogP contribution in [0.3, 0.4) is 0 Å². The number of amides is 1. The summed E-state index contributed by atoms with van der Waals surface area (Å²) in [6, 6.07) is 6.26. The van der Waals surface area contributed by atoms with Crippen molar-refractivity contribution in [2.24, 2.45) is 17.6 Å². The molecule has 3 heteroatoms. The zero-order chi connectivity index (χ0) is 13.1. The van der Waals surface area contributed by atoms with E-state index in [1.807, 2.05) is 19.9 Å². The summed E-state index contributed by atoms with van der Waals surface area (Å²) in [7, 11) is 0. The Morgan fingerprint density at radius 2 is 2.11 bits per heavy atom. The standard InChI is InChI=1S/C15H20N2O/c1-8-6-10(8)13(16)9-4-5-12-11(7-9)15(2,3)14(18)17-12/h4-5,7-8,10,13H,6,16H2,1-3H3,(H,17,18). The van der Waals surface area contributed by atoms with Gasteiger partial charge in [-0.3, -0.25) is 4.79 Å². The molecule has 0 aromatic heterocycles. The molecule has 1 aromatic rings. The summed E-state index contributed by atoms with van der Waals surface area (Å²) >= 11 is 0. The fourth-order valence-electron chi connectivity index (χ4n) is 2.89. The van der Waals surface area contributed by atoms with Crippen molar-refractivity contribution in [2.45, 2.75) is 38.6 Å². The molecule has 3 atom stereocenters. The molecule has 1 aromatic carbocycles.